The van der Waals surface area contributed by atoms with Crippen LogP contribution in [0.2, 0.25) is 0 Å². The van der Waals surface area contributed by atoms with Crippen molar-refractivity contribution in [1.29, 1.82) is 0 Å². The largest absolute Gasteiger partial charge is 0.490 e. The van der Waals surface area contributed by atoms with Crippen molar-refractivity contribution in [2.45, 2.75) is 32.3 Å². The van der Waals surface area contributed by atoms with E-state index in [2.05, 4.69) is 29.3 Å². The third kappa shape index (κ3) is 3.53. The van der Waals surface area contributed by atoms with Crippen molar-refractivity contribution >= 4 is 0 Å². The Labute approximate surface area is 122 Å². The molecule has 20 heavy (non-hydrogen) atoms. The summed E-state index contributed by atoms with van der Waals surface area (Å²) in [4.78, 5) is 2.62. The van der Waals surface area contributed by atoms with Gasteiger partial charge < -0.3 is 15.0 Å². The summed E-state index contributed by atoms with van der Waals surface area (Å²) in [6, 6.07) is 10.2. The summed E-state index contributed by atoms with van der Waals surface area (Å²) in [7, 11) is 0. The summed E-state index contributed by atoms with van der Waals surface area (Å²) in [5.41, 5.74) is 0.479. The predicted octanol–water partition coefficient (Wildman–Crippen LogP) is 2.53. The smallest absolute Gasteiger partial charge is 0.119 e. The number of hydrogen-bond acceptors (Lipinski definition) is 3. The first-order chi connectivity index (χ1) is 9.73. The Morgan fingerprint density at radius 2 is 2.00 bits per heavy atom. The lowest BCUT2D eigenvalue weighted by molar-refractivity contribution is 0.0775. The van der Waals surface area contributed by atoms with Gasteiger partial charge >= 0.3 is 0 Å². The molecule has 0 spiro atoms. The second-order valence-electron chi connectivity index (χ2n) is 6.64. The molecule has 1 atom stereocenters. The molecule has 1 aromatic carbocycles. The van der Waals surface area contributed by atoms with Crippen LogP contribution < -0.4 is 10.1 Å². The zero-order valence-electron chi connectivity index (χ0n) is 12.5. The Morgan fingerprint density at radius 1 is 1.25 bits per heavy atom. The molecule has 0 aromatic heterocycles. The van der Waals surface area contributed by atoms with Gasteiger partial charge in [0.1, 0.15) is 11.9 Å². The number of benzene rings is 1. The first kappa shape index (κ1) is 13.9. The molecule has 2 aliphatic heterocycles. The highest BCUT2D eigenvalue weighted by Gasteiger charge is 2.32. The Kier molecular flexibility index (Phi) is 4.27. The van der Waals surface area contributed by atoms with Gasteiger partial charge in [0.05, 0.1) is 0 Å². The number of piperidine rings is 1. The molecule has 1 N–H and O–H groups in total. The van der Waals surface area contributed by atoms with Gasteiger partial charge in [-0.05, 0) is 43.4 Å². The van der Waals surface area contributed by atoms with Gasteiger partial charge in [-0.25, -0.2) is 0 Å². The predicted molar refractivity (Wildman–Crippen MR) is 82.1 cm³/mol. The van der Waals surface area contributed by atoms with Crippen molar-refractivity contribution in [2.24, 2.45) is 5.41 Å². The van der Waals surface area contributed by atoms with E-state index < -0.39 is 0 Å². The number of para-hydroxylation sites is 1. The van der Waals surface area contributed by atoms with Crippen molar-refractivity contribution in [3.05, 3.63) is 30.3 Å². The maximum atomic E-state index is 6.06. The summed E-state index contributed by atoms with van der Waals surface area (Å²) in [6.45, 7) is 8.36. The fraction of sp³-hybridized carbons (Fsp3) is 0.647. The maximum Gasteiger partial charge on any atom is 0.119 e. The lowest BCUT2D eigenvalue weighted by Crippen LogP contribution is -2.44. The van der Waals surface area contributed by atoms with E-state index in [1.165, 1.54) is 39.1 Å². The fourth-order valence-electron chi connectivity index (χ4n) is 3.42. The summed E-state index contributed by atoms with van der Waals surface area (Å²) < 4.78 is 6.06. The minimum Gasteiger partial charge on any atom is -0.490 e. The van der Waals surface area contributed by atoms with Crippen LogP contribution in [-0.4, -0.2) is 43.7 Å². The minimum atomic E-state index is 0.392. The third-order valence-corrected chi connectivity index (χ3v) is 4.64. The van der Waals surface area contributed by atoms with Gasteiger partial charge in [0, 0.05) is 26.2 Å². The molecule has 0 aliphatic carbocycles. The van der Waals surface area contributed by atoms with Crippen LogP contribution in [-0.2, 0) is 0 Å². The Balaban J connectivity index is 1.45. The molecule has 0 amide bonds. The van der Waals surface area contributed by atoms with Gasteiger partial charge in [0.2, 0.25) is 0 Å². The molecule has 3 nitrogen and oxygen atoms in total. The molecule has 2 heterocycles. The average molecular weight is 274 g/mol. The lowest BCUT2D eigenvalue weighted by atomic mass is 9.88. The summed E-state index contributed by atoms with van der Waals surface area (Å²) in [5, 5.41) is 3.49. The number of likely N-dealkylation sites (tertiary alicyclic amines) is 1. The van der Waals surface area contributed by atoms with Crippen LogP contribution in [0.4, 0.5) is 0 Å². The molecule has 0 bridgehead atoms. The van der Waals surface area contributed by atoms with E-state index >= 15 is 0 Å². The number of nitrogens with one attached hydrogen (secondary N) is 1. The second kappa shape index (κ2) is 6.15. The van der Waals surface area contributed by atoms with Gasteiger partial charge in [-0.3, -0.25) is 0 Å². The van der Waals surface area contributed by atoms with Crippen molar-refractivity contribution in [3.8, 4) is 5.75 Å². The van der Waals surface area contributed by atoms with Gasteiger partial charge in [0.25, 0.3) is 0 Å². The van der Waals surface area contributed by atoms with E-state index in [9.17, 15) is 0 Å². The molecule has 1 aromatic rings. The van der Waals surface area contributed by atoms with Crippen molar-refractivity contribution in [3.63, 3.8) is 0 Å². The minimum absolute atomic E-state index is 0.392. The van der Waals surface area contributed by atoms with Gasteiger partial charge in [-0.2, -0.15) is 0 Å². The highest BCUT2D eigenvalue weighted by Crippen LogP contribution is 2.27. The summed E-state index contributed by atoms with van der Waals surface area (Å²) in [5.74, 6) is 1.01. The highest BCUT2D eigenvalue weighted by atomic mass is 16.5. The Hall–Kier alpha value is -1.06. The fourth-order valence-corrected chi connectivity index (χ4v) is 3.42. The van der Waals surface area contributed by atoms with Crippen LogP contribution in [0.5, 0.6) is 5.75 Å². The summed E-state index contributed by atoms with van der Waals surface area (Å²) in [6.07, 6.45) is 4.01. The van der Waals surface area contributed by atoms with E-state index in [0.717, 1.165) is 18.6 Å². The van der Waals surface area contributed by atoms with E-state index in [0.29, 0.717) is 11.5 Å². The molecule has 2 saturated heterocycles. The Bertz CT molecular complexity index is 406. The second-order valence-corrected chi connectivity index (χ2v) is 6.64. The standard InChI is InChI=1S/C17H26N2O/c1-17(9-10-18-13-17)14-19-11-7-16(8-12-19)20-15-5-3-2-4-6-15/h2-6,16,18H,7-14H2,1H3. The average Bonchev–Trinajstić information content (AvgIpc) is 2.89. The van der Waals surface area contributed by atoms with E-state index in [4.69, 9.17) is 4.74 Å². The van der Waals surface area contributed by atoms with Crippen molar-refractivity contribution < 1.29 is 4.74 Å². The van der Waals surface area contributed by atoms with E-state index in [-0.39, 0.29) is 0 Å². The first-order valence-corrected chi connectivity index (χ1v) is 7.88. The zero-order valence-corrected chi connectivity index (χ0v) is 12.5. The Morgan fingerprint density at radius 3 is 2.65 bits per heavy atom. The molecular formula is C17H26N2O. The van der Waals surface area contributed by atoms with E-state index in [1.807, 2.05) is 18.2 Å². The normalized spacial score (nSPS) is 28.6. The van der Waals surface area contributed by atoms with Gasteiger partial charge in [-0.1, -0.05) is 25.1 Å². The third-order valence-electron chi connectivity index (χ3n) is 4.64. The highest BCUT2D eigenvalue weighted by molar-refractivity contribution is 5.21. The monoisotopic (exact) mass is 274 g/mol. The van der Waals surface area contributed by atoms with Crippen LogP contribution in [0.3, 0.4) is 0 Å². The van der Waals surface area contributed by atoms with Gasteiger partial charge in [-0.15, -0.1) is 0 Å². The molecule has 3 rings (SSSR count). The van der Waals surface area contributed by atoms with Crippen LogP contribution in [0.15, 0.2) is 30.3 Å². The van der Waals surface area contributed by atoms with Crippen LogP contribution in [0.1, 0.15) is 26.2 Å². The molecule has 1 unspecified atom stereocenters. The van der Waals surface area contributed by atoms with Crippen molar-refractivity contribution in [2.75, 3.05) is 32.7 Å². The molecule has 3 heteroatoms. The quantitative estimate of drug-likeness (QED) is 0.913. The van der Waals surface area contributed by atoms with Crippen LogP contribution in [0, 0.1) is 5.41 Å². The topological polar surface area (TPSA) is 24.5 Å². The number of nitrogens with zero attached hydrogens (tertiary/aromatic N) is 1. The number of rotatable bonds is 4. The van der Waals surface area contributed by atoms with Crippen molar-refractivity contribution in [1.82, 2.24) is 10.2 Å². The molecule has 2 fully saturated rings. The van der Waals surface area contributed by atoms with Gasteiger partial charge in [0.15, 0.2) is 0 Å². The molecular weight excluding hydrogens is 248 g/mol. The molecule has 0 radical (unpaired) electrons. The number of ether oxygens (including phenoxy) is 1. The first-order valence-electron chi connectivity index (χ1n) is 7.88. The summed E-state index contributed by atoms with van der Waals surface area (Å²) >= 11 is 0. The number of hydrogen-bond donors (Lipinski definition) is 1. The van der Waals surface area contributed by atoms with Crippen LogP contribution in [0.25, 0.3) is 0 Å². The SMILES string of the molecule is CC1(CN2CCC(Oc3ccccc3)CC2)CCNC1. The molecule has 2 aliphatic rings. The molecule has 110 valence electrons. The van der Waals surface area contributed by atoms with E-state index in [1.54, 1.807) is 0 Å². The lowest BCUT2D eigenvalue weighted by Gasteiger charge is -2.37. The zero-order chi connectivity index (χ0) is 13.8. The maximum absolute atomic E-state index is 6.06. The van der Waals surface area contributed by atoms with Crippen LogP contribution >= 0.6 is 0 Å². The molecule has 0 saturated carbocycles.